The zero-order valence-corrected chi connectivity index (χ0v) is 10.5. The highest BCUT2D eigenvalue weighted by atomic mass is 16.5. The van der Waals surface area contributed by atoms with E-state index in [4.69, 9.17) is 15.2 Å². The Labute approximate surface area is 97.6 Å². The van der Waals surface area contributed by atoms with E-state index in [-0.39, 0.29) is 0 Å². The van der Waals surface area contributed by atoms with Gasteiger partial charge in [0.25, 0.3) is 0 Å². The summed E-state index contributed by atoms with van der Waals surface area (Å²) >= 11 is 0. The van der Waals surface area contributed by atoms with Gasteiger partial charge in [-0.15, -0.1) is 0 Å². The number of methoxy groups -OCH3 is 2. The van der Waals surface area contributed by atoms with Crippen molar-refractivity contribution in [2.45, 2.75) is 32.2 Å². The van der Waals surface area contributed by atoms with Crippen molar-refractivity contribution in [1.82, 2.24) is 0 Å². The van der Waals surface area contributed by atoms with Crippen molar-refractivity contribution in [2.24, 2.45) is 5.73 Å². The second-order valence-corrected chi connectivity index (χ2v) is 3.90. The molecule has 1 rings (SSSR count). The second kappa shape index (κ2) is 5.21. The lowest BCUT2D eigenvalue weighted by atomic mass is 9.84. The number of rotatable bonds is 5. The highest BCUT2D eigenvalue weighted by molar-refractivity contribution is 5.49. The van der Waals surface area contributed by atoms with E-state index in [1.807, 2.05) is 18.2 Å². The first-order valence-electron chi connectivity index (χ1n) is 5.63. The molecule has 0 aliphatic carbocycles. The predicted molar refractivity (Wildman–Crippen MR) is 66.0 cm³/mol. The van der Waals surface area contributed by atoms with Gasteiger partial charge in [0.1, 0.15) is 11.5 Å². The maximum Gasteiger partial charge on any atom is 0.127 e. The van der Waals surface area contributed by atoms with Crippen LogP contribution in [0.25, 0.3) is 0 Å². The third-order valence-corrected chi connectivity index (χ3v) is 3.19. The van der Waals surface area contributed by atoms with Crippen molar-refractivity contribution >= 4 is 0 Å². The van der Waals surface area contributed by atoms with Crippen LogP contribution in [0.4, 0.5) is 0 Å². The molecule has 0 spiro atoms. The Morgan fingerprint density at radius 3 is 1.81 bits per heavy atom. The Hall–Kier alpha value is -1.22. The molecule has 3 heteroatoms. The van der Waals surface area contributed by atoms with Crippen LogP contribution in [0.1, 0.15) is 32.3 Å². The molecule has 0 aliphatic heterocycles. The molecule has 16 heavy (non-hydrogen) atoms. The smallest absolute Gasteiger partial charge is 0.127 e. The molecular weight excluding hydrogens is 202 g/mol. The van der Waals surface area contributed by atoms with Gasteiger partial charge in [0, 0.05) is 5.54 Å². The zero-order chi connectivity index (χ0) is 12.2. The van der Waals surface area contributed by atoms with Gasteiger partial charge in [0.2, 0.25) is 0 Å². The van der Waals surface area contributed by atoms with Crippen molar-refractivity contribution < 1.29 is 9.47 Å². The third kappa shape index (κ3) is 2.14. The van der Waals surface area contributed by atoms with Gasteiger partial charge >= 0.3 is 0 Å². The van der Waals surface area contributed by atoms with Crippen molar-refractivity contribution in [1.29, 1.82) is 0 Å². The normalized spacial score (nSPS) is 11.3. The lowest BCUT2D eigenvalue weighted by Crippen LogP contribution is -2.36. The summed E-state index contributed by atoms with van der Waals surface area (Å²) in [5.74, 6) is 1.59. The van der Waals surface area contributed by atoms with E-state index in [0.29, 0.717) is 0 Å². The van der Waals surface area contributed by atoms with Gasteiger partial charge in [-0.25, -0.2) is 0 Å². The van der Waals surface area contributed by atoms with Gasteiger partial charge in [-0.2, -0.15) is 0 Å². The van der Waals surface area contributed by atoms with Crippen molar-refractivity contribution in [3.8, 4) is 11.5 Å². The fourth-order valence-corrected chi connectivity index (χ4v) is 1.95. The molecule has 90 valence electrons. The SMILES string of the molecule is CCC(N)(CC)c1c(OC)cccc1OC. The summed E-state index contributed by atoms with van der Waals surface area (Å²) < 4.78 is 10.8. The Morgan fingerprint density at radius 2 is 1.50 bits per heavy atom. The molecule has 0 aromatic heterocycles. The number of nitrogens with two attached hydrogens (primary N) is 1. The molecule has 1 aromatic rings. The Balaban J connectivity index is 3.38. The van der Waals surface area contributed by atoms with E-state index in [1.165, 1.54) is 0 Å². The van der Waals surface area contributed by atoms with E-state index >= 15 is 0 Å². The van der Waals surface area contributed by atoms with E-state index in [2.05, 4.69) is 13.8 Å². The topological polar surface area (TPSA) is 44.5 Å². The minimum Gasteiger partial charge on any atom is -0.496 e. The van der Waals surface area contributed by atoms with E-state index in [9.17, 15) is 0 Å². The molecule has 3 nitrogen and oxygen atoms in total. The summed E-state index contributed by atoms with van der Waals surface area (Å²) in [6, 6.07) is 5.75. The van der Waals surface area contributed by atoms with E-state index in [1.54, 1.807) is 14.2 Å². The molecule has 0 bridgehead atoms. The fraction of sp³-hybridized carbons (Fsp3) is 0.538. The van der Waals surface area contributed by atoms with Crippen LogP contribution in [0.3, 0.4) is 0 Å². The Morgan fingerprint density at radius 1 is 1.06 bits per heavy atom. The quantitative estimate of drug-likeness (QED) is 0.834. The highest BCUT2D eigenvalue weighted by Gasteiger charge is 2.30. The van der Waals surface area contributed by atoms with Crippen LogP contribution in [0.2, 0.25) is 0 Å². The lowest BCUT2D eigenvalue weighted by molar-refractivity contribution is 0.334. The van der Waals surface area contributed by atoms with Crippen molar-refractivity contribution in [3.63, 3.8) is 0 Å². The van der Waals surface area contributed by atoms with Crippen LogP contribution < -0.4 is 15.2 Å². The molecule has 0 unspecified atom stereocenters. The second-order valence-electron chi connectivity index (χ2n) is 3.90. The molecule has 0 saturated heterocycles. The minimum absolute atomic E-state index is 0.391. The average molecular weight is 223 g/mol. The molecule has 0 fully saturated rings. The first-order chi connectivity index (χ1) is 7.62. The summed E-state index contributed by atoms with van der Waals surface area (Å²) in [7, 11) is 3.31. The van der Waals surface area contributed by atoms with Crippen molar-refractivity contribution in [3.05, 3.63) is 23.8 Å². The summed E-state index contributed by atoms with van der Waals surface area (Å²) in [6.07, 6.45) is 1.69. The minimum atomic E-state index is -0.391. The summed E-state index contributed by atoms with van der Waals surface area (Å²) in [5.41, 5.74) is 6.98. The van der Waals surface area contributed by atoms with Gasteiger partial charge in [0.15, 0.2) is 0 Å². The largest absolute Gasteiger partial charge is 0.496 e. The predicted octanol–water partition coefficient (Wildman–Crippen LogP) is 2.68. The molecule has 2 N–H and O–H groups in total. The maximum atomic E-state index is 6.41. The number of benzene rings is 1. The van der Waals surface area contributed by atoms with Gasteiger partial charge in [-0.1, -0.05) is 19.9 Å². The van der Waals surface area contributed by atoms with Gasteiger partial charge < -0.3 is 15.2 Å². The first-order valence-corrected chi connectivity index (χ1v) is 5.63. The molecule has 0 amide bonds. The maximum absolute atomic E-state index is 6.41. The first kappa shape index (κ1) is 12.8. The van der Waals surface area contributed by atoms with Crippen LogP contribution in [-0.4, -0.2) is 14.2 Å². The van der Waals surface area contributed by atoms with Gasteiger partial charge in [0.05, 0.1) is 19.8 Å². The van der Waals surface area contributed by atoms with Crippen LogP contribution in [0.15, 0.2) is 18.2 Å². The lowest BCUT2D eigenvalue weighted by Gasteiger charge is -2.30. The number of ether oxygens (including phenoxy) is 2. The van der Waals surface area contributed by atoms with Gasteiger partial charge in [-0.3, -0.25) is 0 Å². The molecule has 0 radical (unpaired) electrons. The van der Waals surface area contributed by atoms with Gasteiger partial charge in [-0.05, 0) is 25.0 Å². The van der Waals surface area contributed by atoms with E-state index in [0.717, 1.165) is 29.9 Å². The van der Waals surface area contributed by atoms with Crippen LogP contribution in [0, 0.1) is 0 Å². The Bertz CT molecular complexity index is 324. The molecule has 0 saturated carbocycles. The highest BCUT2D eigenvalue weighted by Crippen LogP contribution is 2.39. The molecule has 0 atom stereocenters. The Kier molecular flexibility index (Phi) is 4.19. The number of hydrogen-bond acceptors (Lipinski definition) is 3. The van der Waals surface area contributed by atoms with Crippen LogP contribution >= 0.6 is 0 Å². The third-order valence-electron chi connectivity index (χ3n) is 3.19. The zero-order valence-electron chi connectivity index (χ0n) is 10.5. The standard InChI is InChI=1S/C13H21NO2/c1-5-13(14,6-2)12-10(15-3)8-7-9-11(12)16-4/h7-9H,5-6,14H2,1-4H3. The van der Waals surface area contributed by atoms with Crippen LogP contribution in [-0.2, 0) is 5.54 Å². The number of hydrogen-bond donors (Lipinski definition) is 1. The molecule has 1 aromatic carbocycles. The van der Waals surface area contributed by atoms with Crippen molar-refractivity contribution in [2.75, 3.05) is 14.2 Å². The molecular formula is C13H21NO2. The average Bonchev–Trinajstić information content (AvgIpc) is 2.36. The summed E-state index contributed by atoms with van der Waals surface area (Å²) in [5, 5.41) is 0. The monoisotopic (exact) mass is 223 g/mol. The van der Waals surface area contributed by atoms with E-state index < -0.39 is 5.54 Å². The fourth-order valence-electron chi connectivity index (χ4n) is 1.95. The molecule has 0 aliphatic rings. The summed E-state index contributed by atoms with van der Waals surface area (Å²) in [6.45, 7) is 4.16. The molecule has 0 heterocycles. The summed E-state index contributed by atoms with van der Waals surface area (Å²) in [4.78, 5) is 0. The van der Waals surface area contributed by atoms with Crippen LogP contribution in [0.5, 0.6) is 11.5 Å².